The maximum atomic E-state index is 3.46. The van der Waals surface area contributed by atoms with Crippen LogP contribution < -0.4 is 10.4 Å². The Kier molecular flexibility index (Phi) is 5.88. The van der Waals surface area contributed by atoms with Crippen LogP contribution in [0, 0.1) is 35.5 Å². The van der Waals surface area contributed by atoms with Crippen LogP contribution in [0.15, 0.2) is 121 Å². The zero-order valence-corrected chi connectivity index (χ0v) is 25.7. The summed E-state index contributed by atoms with van der Waals surface area (Å²) < 4.78 is 0. The van der Waals surface area contributed by atoms with Gasteiger partial charge in [0.05, 0.1) is 0 Å². The highest BCUT2D eigenvalue weighted by Gasteiger charge is 2.57. The van der Waals surface area contributed by atoms with Crippen molar-refractivity contribution in [3.8, 4) is 23.7 Å². The Morgan fingerprint density at radius 3 is 1.18 bits per heavy atom. The van der Waals surface area contributed by atoms with Crippen molar-refractivity contribution in [2.24, 2.45) is 11.8 Å². The molecule has 44 heavy (non-hydrogen) atoms. The SMILES string of the molecule is CC1(C)c2cc(C#Cc3ccccc3)ccc2C2=c3ccccc3=C3c4ccc(C#Cc5ccccc5)cc4C(C)(C)C3C21. The van der Waals surface area contributed by atoms with Crippen LogP contribution in [-0.2, 0) is 10.8 Å². The van der Waals surface area contributed by atoms with Crippen LogP contribution in [-0.4, -0.2) is 0 Å². The highest BCUT2D eigenvalue weighted by molar-refractivity contribution is 5.88. The fourth-order valence-electron chi connectivity index (χ4n) is 8.25. The lowest BCUT2D eigenvalue weighted by Crippen LogP contribution is -2.46. The van der Waals surface area contributed by atoms with E-state index in [1.54, 1.807) is 0 Å². The zero-order chi connectivity index (χ0) is 30.1. The summed E-state index contributed by atoms with van der Waals surface area (Å²) in [5.74, 6) is 14.4. The minimum Gasteiger partial charge on any atom is -0.0622 e. The molecule has 3 aliphatic carbocycles. The van der Waals surface area contributed by atoms with Crippen LogP contribution >= 0.6 is 0 Å². The highest BCUT2D eigenvalue weighted by atomic mass is 14.6. The maximum absolute atomic E-state index is 3.46. The predicted octanol–water partition coefficient (Wildman–Crippen LogP) is 7.71. The third-order valence-electron chi connectivity index (χ3n) is 10.3. The summed E-state index contributed by atoms with van der Waals surface area (Å²) in [4.78, 5) is 0. The zero-order valence-electron chi connectivity index (χ0n) is 25.7. The Hall–Kier alpha value is -5.04. The van der Waals surface area contributed by atoms with Crippen LogP contribution in [0.4, 0.5) is 0 Å². The molecule has 0 radical (unpaired) electrons. The molecule has 210 valence electrons. The summed E-state index contributed by atoms with van der Waals surface area (Å²) >= 11 is 0. The predicted molar refractivity (Wildman–Crippen MR) is 181 cm³/mol. The summed E-state index contributed by atoms with van der Waals surface area (Å²) in [5, 5.41) is 2.77. The first-order valence-corrected chi connectivity index (χ1v) is 15.6. The number of benzene rings is 5. The molecule has 0 nitrogen and oxygen atoms in total. The number of rotatable bonds is 0. The molecule has 5 aromatic rings. The van der Waals surface area contributed by atoms with Crippen molar-refractivity contribution in [2.75, 3.05) is 0 Å². The Bertz CT molecular complexity index is 2060. The van der Waals surface area contributed by atoms with Gasteiger partial charge >= 0.3 is 0 Å². The van der Waals surface area contributed by atoms with Gasteiger partial charge in [-0.2, -0.15) is 0 Å². The van der Waals surface area contributed by atoms with E-state index in [2.05, 4.69) is 136 Å². The smallest absolute Gasteiger partial charge is 0.0252 e. The van der Waals surface area contributed by atoms with Crippen LogP contribution in [0.1, 0.15) is 72.2 Å². The van der Waals surface area contributed by atoms with E-state index in [1.165, 1.54) is 43.8 Å². The normalized spacial score (nSPS) is 19.3. The van der Waals surface area contributed by atoms with Gasteiger partial charge in [-0.15, -0.1) is 0 Å². The Labute approximate surface area is 260 Å². The van der Waals surface area contributed by atoms with Crippen LogP contribution in [0.25, 0.3) is 11.1 Å². The van der Waals surface area contributed by atoms with E-state index in [-0.39, 0.29) is 10.8 Å². The second-order valence-electron chi connectivity index (χ2n) is 13.5. The molecule has 0 fully saturated rings. The number of hydrogen-bond acceptors (Lipinski definition) is 0. The molecular weight excluding hydrogens is 528 g/mol. The topological polar surface area (TPSA) is 0 Å². The van der Waals surface area contributed by atoms with Gasteiger partial charge in [0.1, 0.15) is 0 Å². The average Bonchev–Trinajstić information content (AvgIpc) is 3.43. The molecule has 0 N–H and O–H groups in total. The Morgan fingerprint density at radius 1 is 0.409 bits per heavy atom. The lowest BCUT2D eigenvalue weighted by atomic mass is 9.60. The van der Waals surface area contributed by atoms with E-state index in [4.69, 9.17) is 0 Å². The number of fused-ring (bicyclic) bond motifs is 8. The van der Waals surface area contributed by atoms with E-state index in [0.717, 1.165) is 22.3 Å². The van der Waals surface area contributed by atoms with Gasteiger partial charge in [0.15, 0.2) is 0 Å². The fraction of sp³-hybridized carbons (Fsp3) is 0.182. The van der Waals surface area contributed by atoms with Crippen molar-refractivity contribution in [3.05, 3.63) is 176 Å². The lowest BCUT2D eigenvalue weighted by Gasteiger charge is -2.43. The van der Waals surface area contributed by atoms with Gasteiger partial charge in [0.2, 0.25) is 0 Å². The van der Waals surface area contributed by atoms with Crippen molar-refractivity contribution in [3.63, 3.8) is 0 Å². The molecule has 0 bridgehead atoms. The summed E-state index contributed by atoms with van der Waals surface area (Å²) in [6.45, 7) is 9.83. The third kappa shape index (κ3) is 3.95. The minimum absolute atomic E-state index is 0.0617. The standard InChI is InChI=1S/C44H34/c1-43(2)37-27-31(21-19-29-13-7-5-8-14-29)23-25-35(37)39-33-17-11-12-18-34(33)40-36-26-24-32(22-20-30-15-9-6-10-16-30)28-38(36)44(3,4)42(40)41(39)43/h5-18,23-28,41-42H,1-4H3. The van der Waals surface area contributed by atoms with Crippen LogP contribution in [0.5, 0.6) is 0 Å². The molecule has 3 aliphatic rings. The van der Waals surface area contributed by atoms with Crippen molar-refractivity contribution >= 4 is 11.1 Å². The molecule has 0 heterocycles. The molecule has 8 rings (SSSR count). The largest absolute Gasteiger partial charge is 0.0622 e. The third-order valence-corrected chi connectivity index (χ3v) is 10.3. The molecule has 0 saturated heterocycles. The van der Waals surface area contributed by atoms with Gasteiger partial charge in [0, 0.05) is 34.1 Å². The van der Waals surface area contributed by atoms with Gasteiger partial charge in [-0.1, -0.05) is 124 Å². The van der Waals surface area contributed by atoms with Crippen LogP contribution in [0.3, 0.4) is 0 Å². The van der Waals surface area contributed by atoms with Crippen LogP contribution in [0.2, 0.25) is 0 Å². The second kappa shape index (κ2) is 9.74. The van der Waals surface area contributed by atoms with Crippen molar-refractivity contribution < 1.29 is 0 Å². The molecule has 0 amide bonds. The van der Waals surface area contributed by atoms with E-state index >= 15 is 0 Å². The first kappa shape index (κ1) is 26.6. The van der Waals surface area contributed by atoms with E-state index in [9.17, 15) is 0 Å². The van der Waals surface area contributed by atoms with Gasteiger partial charge in [-0.3, -0.25) is 0 Å². The Balaban J connectivity index is 1.31. The maximum Gasteiger partial charge on any atom is 0.0252 e. The molecule has 0 aliphatic heterocycles. The minimum atomic E-state index is -0.0617. The first-order valence-electron chi connectivity index (χ1n) is 15.6. The average molecular weight is 563 g/mol. The molecule has 2 atom stereocenters. The second-order valence-corrected chi connectivity index (χ2v) is 13.5. The highest BCUT2D eigenvalue weighted by Crippen LogP contribution is 2.62. The Morgan fingerprint density at radius 2 is 0.773 bits per heavy atom. The number of hydrogen-bond donors (Lipinski definition) is 0. The first-order chi connectivity index (χ1) is 21.3. The fourth-order valence-corrected chi connectivity index (χ4v) is 8.25. The lowest BCUT2D eigenvalue weighted by molar-refractivity contribution is 0.258. The summed E-state index contributed by atoms with van der Waals surface area (Å²) in [5.41, 5.74) is 12.7. The van der Waals surface area contributed by atoms with Crippen molar-refractivity contribution in [1.82, 2.24) is 0 Å². The quantitative estimate of drug-likeness (QED) is 0.170. The van der Waals surface area contributed by atoms with Gasteiger partial charge in [-0.25, -0.2) is 0 Å². The van der Waals surface area contributed by atoms with Crippen molar-refractivity contribution in [2.45, 2.75) is 38.5 Å². The van der Waals surface area contributed by atoms with E-state index in [1.807, 2.05) is 36.4 Å². The molecule has 0 aromatic heterocycles. The van der Waals surface area contributed by atoms with E-state index in [0.29, 0.717) is 11.8 Å². The molecule has 2 unspecified atom stereocenters. The van der Waals surface area contributed by atoms with Crippen molar-refractivity contribution in [1.29, 1.82) is 0 Å². The monoisotopic (exact) mass is 562 g/mol. The summed E-state index contributed by atoms with van der Waals surface area (Å²) in [6, 6.07) is 43.5. The van der Waals surface area contributed by atoms with Gasteiger partial charge < -0.3 is 0 Å². The van der Waals surface area contributed by atoms with Gasteiger partial charge in [-0.05, 0) is 103 Å². The molecular formula is C44H34. The molecule has 0 saturated carbocycles. The molecule has 0 spiro atoms. The summed E-state index contributed by atoms with van der Waals surface area (Å²) in [6.07, 6.45) is 0. The van der Waals surface area contributed by atoms with Gasteiger partial charge in [0.25, 0.3) is 0 Å². The molecule has 0 heteroatoms. The molecule has 5 aromatic carbocycles. The summed E-state index contributed by atoms with van der Waals surface area (Å²) in [7, 11) is 0. The van der Waals surface area contributed by atoms with E-state index < -0.39 is 0 Å².